The minimum Gasteiger partial charge on any atom is -0.370 e. The van der Waals surface area contributed by atoms with Crippen LogP contribution in [0.4, 0.5) is 5.82 Å². The molecule has 0 aliphatic rings. The molecule has 0 spiro atoms. The molecule has 0 unspecified atom stereocenters. The molecule has 1 aromatic rings. The van der Waals surface area contributed by atoms with Crippen LogP contribution < -0.4 is 22.3 Å². The van der Waals surface area contributed by atoms with Gasteiger partial charge >= 0.3 is 0 Å². The molecule has 7 nitrogen and oxygen atoms in total. The predicted octanol–water partition coefficient (Wildman–Crippen LogP) is 0.660. The quantitative estimate of drug-likeness (QED) is 0.348. The molecule has 7 heteroatoms. The molecule has 0 saturated carbocycles. The molecular formula is C14H23N5O2. The molecule has 6 N–H and O–H groups in total. The Kier molecular flexibility index (Phi) is 5.66. The zero-order chi connectivity index (χ0) is 16.0. The molecule has 116 valence electrons. The van der Waals surface area contributed by atoms with E-state index in [9.17, 15) is 9.59 Å². The number of amides is 2. The molecule has 0 aromatic carbocycles. The van der Waals surface area contributed by atoms with Crippen LogP contribution in [0.5, 0.6) is 0 Å². The van der Waals surface area contributed by atoms with Gasteiger partial charge in [-0.05, 0) is 18.6 Å². The third-order valence-electron chi connectivity index (χ3n) is 2.89. The summed E-state index contributed by atoms with van der Waals surface area (Å²) in [5, 5.41) is 2.74. The Labute approximate surface area is 124 Å². The number of nitrogen functional groups attached to an aromatic ring is 1. The first kappa shape index (κ1) is 16.9. The molecule has 0 bridgehead atoms. The first-order chi connectivity index (χ1) is 9.74. The molecule has 0 radical (unpaired) electrons. The zero-order valence-corrected chi connectivity index (χ0v) is 12.7. The second kappa shape index (κ2) is 7.03. The minimum absolute atomic E-state index is 0.201. The van der Waals surface area contributed by atoms with Crippen LogP contribution >= 0.6 is 0 Å². The van der Waals surface area contributed by atoms with Crippen molar-refractivity contribution in [1.82, 2.24) is 10.3 Å². The number of nitrogens with one attached hydrogen (secondary N) is 2. The van der Waals surface area contributed by atoms with E-state index in [0.717, 1.165) is 5.69 Å². The number of carbonyl (C=O) groups excluding carboxylic acids is 2. The average Bonchev–Trinajstić information content (AvgIpc) is 2.41. The van der Waals surface area contributed by atoms with E-state index >= 15 is 0 Å². The van der Waals surface area contributed by atoms with Gasteiger partial charge in [-0.3, -0.25) is 9.59 Å². The number of hydrogen-bond donors (Lipinski definition) is 4. The van der Waals surface area contributed by atoms with Crippen molar-refractivity contribution >= 4 is 17.6 Å². The van der Waals surface area contributed by atoms with Gasteiger partial charge in [-0.1, -0.05) is 20.8 Å². The lowest BCUT2D eigenvalue weighted by atomic mass is 9.90. The monoisotopic (exact) mass is 293 g/mol. The van der Waals surface area contributed by atoms with Crippen molar-refractivity contribution in [2.24, 2.45) is 11.6 Å². The Hall–Kier alpha value is -2.15. The van der Waals surface area contributed by atoms with E-state index in [2.05, 4.69) is 15.7 Å². The number of aromatic nitrogens is 1. The number of pyridine rings is 1. The van der Waals surface area contributed by atoms with Crippen LogP contribution in [0, 0.1) is 0 Å². The Morgan fingerprint density at radius 2 is 1.95 bits per heavy atom. The van der Waals surface area contributed by atoms with E-state index in [4.69, 9.17) is 11.6 Å². The number of carbonyl (C=O) groups is 2. The normalized spacial score (nSPS) is 11.0. The van der Waals surface area contributed by atoms with Gasteiger partial charge in [-0.15, -0.1) is 0 Å². The van der Waals surface area contributed by atoms with Crippen LogP contribution in [-0.4, -0.2) is 23.3 Å². The summed E-state index contributed by atoms with van der Waals surface area (Å²) in [6.07, 6.45) is 0.764. The van der Waals surface area contributed by atoms with Gasteiger partial charge in [0.2, 0.25) is 5.91 Å². The molecule has 0 aliphatic carbocycles. The van der Waals surface area contributed by atoms with Crippen LogP contribution in [0.1, 0.15) is 49.7 Å². The van der Waals surface area contributed by atoms with E-state index in [1.807, 2.05) is 20.8 Å². The zero-order valence-electron chi connectivity index (χ0n) is 12.7. The van der Waals surface area contributed by atoms with Crippen molar-refractivity contribution in [1.29, 1.82) is 0 Å². The fourth-order valence-corrected chi connectivity index (χ4v) is 1.69. The summed E-state index contributed by atoms with van der Waals surface area (Å²) in [7, 11) is 0. The van der Waals surface area contributed by atoms with Crippen molar-refractivity contribution in [3.63, 3.8) is 0 Å². The smallest absolute Gasteiger partial charge is 0.251 e. The molecule has 2 amide bonds. The number of hydrogen-bond acceptors (Lipinski definition) is 5. The topological polar surface area (TPSA) is 123 Å². The summed E-state index contributed by atoms with van der Waals surface area (Å²) in [4.78, 5) is 27.1. The van der Waals surface area contributed by atoms with Gasteiger partial charge in [0, 0.05) is 29.6 Å². The molecular weight excluding hydrogens is 270 g/mol. The summed E-state index contributed by atoms with van der Waals surface area (Å²) in [6, 6.07) is 3.32. The molecule has 0 saturated heterocycles. The van der Waals surface area contributed by atoms with Crippen molar-refractivity contribution in [3.8, 4) is 0 Å². The summed E-state index contributed by atoms with van der Waals surface area (Å²) >= 11 is 0. The number of hydrazine groups is 1. The lowest BCUT2D eigenvalue weighted by molar-refractivity contribution is -0.118. The van der Waals surface area contributed by atoms with Gasteiger partial charge in [-0.25, -0.2) is 10.8 Å². The third kappa shape index (κ3) is 5.39. The Morgan fingerprint density at radius 1 is 1.29 bits per heavy atom. The van der Waals surface area contributed by atoms with Gasteiger partial charge in [0.25, 0.3) is 5.91 Å². The Balaban J connectivity index is 2.81. The number of nitrogens with two attached hydrogens (primary N) is 2. The predicted molar refractivity (Wildman–Crippen MR) is 81.5 cm³/mol. The summed E-state index contributed by atoms with van der Waals surface area (Å²) in [6.45, 7) is 6.40. The molecule has 1 aromatic heterocycles. The highest BCUT2D eigenvalue weighted by molar-refractivity contribution is 5.95. The summed E-state index contributed by atoms with van der Waals surface area (Å²) in [5.41, 5.74) is 8.55. The van der Waals surface area contributed by atoms with Crippen LogP contribution in [0.2, 0.25) is 0 Å². The fraction of sp³-hybridized carbons (Fsp3) is 0.500. The number of nitrogens with zero attached hydrogens (tertiary/aromatic N) is 1. The SMILES string of the molecule is CC(C)(C)c1cc(C(=O)NCCCC(N)=O)cc(NN)n1. The van der Waals surface area contributed by atoms with Gasteiger partial charge in [0.15, 0.2) is 0 Å². The van der Waals surface area contributed by atoms with Gasteiger partial charge < -0.3 is 16.5 Å². The lowest BCUT2D eigenvalue weighted by Gasteiger charge is -2.19. The standard InChI is InChI=1S/C14H23N5O2/c1-14(2,3)10-7-9(8-12(18-10)19-16)13(21)17-6-4-5-11(15)20/h7-8H,4-6,16H2,1-3H3,(H2,15,20)(H,17,21)(H,18,19). The molecule has 0 atom stereocenters. The van der Waals surface area contributed by atoms with Crippen LogP contribution in [-0.2, 0) is 10.2 Å². The Morgan fingerprint density at radius 3 is 2.48 bits per heavy atom. The first-order valence-corrected chi connectivity index (χ1v) is 6.79. The molecule has 1 rings (SSSR count). The van der Waals surface area contributed by atoms with E-state index < -0.39 is 0 Å². The van der Waals surface area contributed by atoms with E-state index in [0.29, 0.717) is 24.3 Å². The number of primary amides is 1. The average molecular weight is 293 g/mol. The highest BCUT2D eigenvalue weighted by atomic mass is 16.2. The molecule has 0 fully saturated rings. The fourth-order valence-electron chi connectivity index (χ4n) is 1.69. The lowest BCUT2D eigenvalue weighted by Crippen LogP contribution is -2.27. The highest BCUT2D eigenvalue weighted by Crippen LogP contribution is 2.23. The second-order valence-electron chi connectivity index (χ2n) is 5.85. The minimum atomic E-state index is -0.377. The Bertz CT molecular complexity index is 523. The van der Waals surface area contributed by atoms with E-state index in [-0.39, 0.29) is 23.7 Å². The van der Waals surface area contributed by atoms with E-state index in [1.54, 1.807) is 12.1 Å². The van der Waals surface area contributed by atoms with Gasteiger partial charge in [-0.2, -0.15) is 0 Å². The van der Waals surface area contributed by atoms with Crippen molar-refractivity contribution < 1.29 is 9.59 Å². The van der Waals surface area contributed by atoms with Crippen LogP contribution in [0.15, 0.2) is 12.1 Å². The van der Waals surface area contributed by atoms with Crippen molar-refractivity contribution in [2.45, 2.75) is 39.0 Å². The van der Waals surface area contributed by atoms with Crippen molar-refractivity contribution in [2.75, 3.05) is 12.0 Å². The maximum absolute atomic E-state index is 12.1. The van der Waals surface area contributed by atoms with E-state index in [1.165, 1.54) is 0 Å². The molecule has 0 aliphatic heterocycles. The summed E-state index contributed by atoms with van der Waals surface area (Å²) in [5.74, 6) is 5.22. The largest absolute Gasteiger partial charge is 0.370 e. The third-order valence-corrected chi connectivity index (χ3v) is 2.89. The van der Waals surface area contributed by atoms with Crippen LogP contribution in [0.25, 0.3) is 0 Å². The molecule has 1 heterocycles. The van der Waals surface area contributed by atoms with Gasteiger partial charge in [0.1, 0.15) is 5.82 Å². The summed E-state index contributed by atoms with van der Waals surface area (Å²) < 4.78 is 0. The maximum Gasteiger partial charge on any atom is 0.251 e. The van der Waals surface area contributed by atoms with Crippen LogP contribution in [0.3, 0.4) is 0 Å². The van der Waals surface area contributed by atoms with Gasteiger partial charge in [0.05, 0.1) is 0 Å². The molecule has 21 heavy (non-hydrogen) atoms. The number of anilines is 1. The van der Waals surface area contributed by atoms with Crippen molar-refractivity contribution in [3.05, 3.63) is 23.4 Å². The highest BCUT2D eigenvalue weighted by Gasteiger charge is 2.19. The first-order valence-electron chi connectivity index (χ1n) is 6.79. The second-order valence-corrected chi connectivity index (χ2v) is 5.85. The maximum atomic E-state index is 12.1. The number of rotatable bonds is 6.